The number of carbonyl (C=O) groups is 2. The van der Waals surface area contributed by atoms with E-state index in [-0.39, 0.29) is 17.1 Å². The lowest BCUT2D eigenvalue weighted by Gasteiger charge is -2.16. The molecule has 1 aliphatic heterocycles. The number of anilines is 2. The van der Waals surface area contributed by atoms with E-state index in [0.717, 1.165) is 30.6 Å². The molecule has 0 aliphatic carbocycles. The summed E-state index contributed by atoms with van der Waals surface area (Å²) in [4.78, 5) is 28.2. The van der Waals surface area contributed by atoms with Crippen LogP contribution in [0.3, 0.4) is 0 Å². The van der Waals surface area contributed by atoms with E-state index < -0.39 is 5.91 Å². The maximum Gasteiger partial charge on any atom is 0.268 e. The van der Waals surface area contributed by atoms with Crippen molar-refractivity contribution in [3.63, 3.8) is 0 Å². The van der Waals surface area contributed by atoms with Crippen LogP contribution in [0.25, 0.3) is 11.3 Å². The van der Waals surface area contributed by atoms with Crippen molar-refractivity contribution >= 4 is 28.9 Å². The van der Waals surface area contributed by atoms with Gasteiger partial charge in [0.25, 0.3) is 11.8 Å². The molecule has 7 nitrogen and oxygen atoms in total. The molecular formula is C26H25N5O2. The molecular weight excluding hydrogens is 414 g/mol. The number of aryl methyl sites for hydroxylation is 1. The quantitative estimate of drug-likeness (QED) is 0.330. The molecule has 166 valence electrons. The van der Waals surface area contributed by atoms with Gasteiger partial charge in [-0.3, -0.25) is 9.59 Å². The molecule has 33 heavy (non-hydrogen) atoms. The molecule has 7 heteroatoms. The third-order valence-electron chi connectivity index (χ3n) is 5.57. The standard InChI is InChI=1S/C26H25N5O2/c1-3-4-10-15-30-22-14-9-8-13-20(22)24(26(30)33)21(17-27)25(32)28-23-16-18(2)29-31(23)19-11-6-5-7-12-19/h5-9,11-14,16H,3-4,10,15H2,1-2H3,(H,28,32)/b24-21-. The Bertz CT molecular complexity index is 1270. The van der Waals surface area contributed by atoms with Crippen LogP contribution in [0.5, 0.6) is 0 Å². The topological polar surface area (TPSA) is 91.0 Å². The first-order valence-electron chi connectivity index (χ1n) is 11.0. The van der Waals surface area contributed by atoms with Crippen LogP contribution in [-0.4, -0.2) is 28.1 Å². The number of hydrogen-bond acceptors (Lipinski definition) is 4. The summed E-state index contributed by atoms with van der Waals surface area (Å²) in [5.41, 5.74) is 2.77. The van der Waals surface area contributed by atoms with Gasteiger partial charge in [-0.1, -0.05) is 56.2 Å². The summed E-state index contributed by atoms with van der Waals surface area (Å²) in [6.07, 6.45) is 2.89. The lowest BCUT2D eigenvalue weighted by Crippen LogP contribution is -2.28. The van der Waals surface area contributed by atoms with Crippen molar-refractivity contribution in [2.75, 3.05) is 16.8 Å². The molecule has 0 unspecified atom stereocenters. The number of unbranched alkanes of at least 4 members (excludes halogenated alkanes) is 2. The van der Waals surface area contributed by atoms with E-state index in [1.165, 1.54) is 0 Å². The number of nitrogens with zero attached hydrogens (tertiary/aromatic N) is 4. The molecule has 1 aliphatic rings. The SMILES string of the molecule is CCCCCN1C(=O)/C(=C(/C#N)C(=O)Nc2cc(C)nn2-c2ccccc2)c2ccccc21. The van der Waals surface area contributed by atoms with Gasteiger partial charge in [0.15, 0.2) is 0 Å². The maximum absolute atomic E-state index is 13.3. The summed E-state index contributed by atoms with van der Waals surface area (Å²) in [5.74, 6) is -0.523. The summed E-state index contributed by atoms with van der Waals surface area (Å²) < 4.78 is 1.61. The first kappa shape index (κ1) is 22.0. The van der Waals surface area contributed by atoms with Crippen molar-refractivity contribution in [2.24, 2.45) is 0 Å². The van der Waals surface area contributed by atoms with Gasteiger partial charge >= 0.3 is 0 Å². The van der Waals surface area contributed by atoms with Gasteiger partial charge in [-0.15, -0.1) is 0 Å². The van der Waals surface area contributed by atoms with E-state index >= 15 is 0 Å². The molecule has 2 heterocycles. The Morgan fingerprint density at radius 2 is 1.82 bits per heavy atom. The molecule has 0 spiro atoms. The fraction of sp³-hybridized carbons (Fsp3) is 0.231. The number of amides is 2. The highest BCUT2D eigenvalue weighted by atomic mass is 16.2. The Morgan fingerprint density at radius 1 is 1.09 bits per heavy atom. The predicted octanol–water partition coefficient (Wildman–Crippen LogP) is 4.63. The van der Waals surface area contributed by atoms with Crippen molar-refractivity contribution in [1.29, 1.82) is 5.26 Å². The summed E-state index contributed by atoms with van der Waals surface area (Å²) >= 11 is 0. The molecule has 4 rings (SSSR count). The Kier molecular flexibility index (Phi) is 6.36. The summed E-state index contributed by atoms with van der Waals surface area (Å²) in [7, 11) is 0. The van der Waals surface area contributed by atoms with Crippen molar-refractivity contribution in [3.05, 3.63) is 77.5 Å². The maximum atomic E-state index is 13.3. The number of rotatable bonds is 7. The van der Waals surface area contributed by atoms with E-state index in [2.05, 4.69) is 17.3 Å². The van der Waals surface area contributed by atoms with Gasteiger partial charge in [0.1, 0.15) is 17.5 Å². The van der Waals surface area contributed by atoms with Gasteiger partial charge in [0, 0.05) is 18.2 Å². The molecule has 0 bridgehead atoms. The van der Waals surface area contributed by atoms with E-state index in [1.54, 1.807) is 21.7 Å². The second kappa shape index (κ2) is 9.53. The third kappa shape index (κ3) is 4.28. The predicted molar refractivity (Wildman–Crippen MR) is 128 cm³/mol. The van der Waals surface area contributed by atoms with Crippen LogP contribution in [0.15, 0.2) is 66.2 Å². The molecule has 1 N–H and O–H groups in total. The number of hydrogen-bond donors (Lipinski definition) is 1. The summed E-state index contributed by atoms with van der Waals surface area (Å²) in [5, 5.41) is 17.1. The largest absolute Gasteiger partial charge is 0.308 e. The monoisotopic (exact) mass is 439 g/mol. The first-order chi connectivity index (χ1) is 16.0. The lowest BCUT2D eigenvalue weighted by atomic mass is 10.0. The number of benzene rings is 2. The van der Waals surface area contributed by atoms with Gasteiger partial charge in [0.05, 0.1) is 22.6 Å². The number of nitriles is 1. The van der Waals surface area contributed by atoms with Gasteiger partial charge in [-0.05, 0) is 31.5 Å². The van der Waals surface area contributed by atoms with E-state index in [9.17, 15) is 14.9 Å². The zero-order chi connectivity index (χ0) is 23.4. The van der Waals surface area contributed by atoms with Crippen molar-refractivity contribution in [2.45, 2.75) is 33.1 Å². The highest BCUT2D eigenvalue weighted by Crippen LogP contribution is 2.38. The molecule has 1 aromatic heterocycles. The van der Waals surface area contributed by atoms with Crippen molar-refractivity contribution in [3.8, 4) is 11.8 Å². The number of para-hydroxylation sites is 2. The minimum atomic E-state index is -0.636. The molecule has 2 aromatic carbocycles. The van der Waals surface area contributed by atoms with Crippen LogP contribution in [0.1, 0.15) is 37.4 Å². The molecule has 0 saturated heterocycles. The van der Waals surface area contributed by atoms with Crippen LogP contribution in [0, 0.1) is 18.3 Å². The van der Waals surface area contributed by atoms with E-state index in [0.29, 0.717) is 23.6 Å². The highest BCUT2D eigenvalue weighted by molar-refractivity contribution is 6.37. The average Bonchev–Trinajstić information content (AvgIpc) is 3.32. The molecule has 0 atom stereocenters. The van der Waals surface area contributed by atoms with Gasteiger partial charge in [0.2, 0.25) is 0 Å². The second-order valence-electron chi connectivity index (χ2n) is 7.92. The second-order valence-corrected chi connectivity index (χ2v) is 7.92. The fourth-order valence-electron chi connectivity index (χ4n) is 4.02. The van der Waals surface area contributed by atoms with Crippen molar-refractivity contribution in [1.82, 2.24) is 9.78 Å². The number of carbonyl (C=O) groups excluding carboxylic acids is 2. The Hall–Kier alpha value is -4.18. The van der Waals surface area contributed by atoms with Crippen LogP contribution in [0.2, 0.25) is 0 Å². The summed E-state index contributed by atoms with van der Waals surface area (Å²) in [6.45, 7) is 4.47. The normalized spacial score (nSPS) is 14.1. The first-order valence-corrected chi connectivity index (χ1v) is 11.0. The number of aromatic nitrogens is 2. The third-order valence-corrected chi connectivity index (χ3v) is 5.57. The minimum Gasteiger partial charge on any atom is -0.308 e. The molecule has 3 aromatic rings. The molecule has 0 saturated carbocycles. The lowest BCUT2D eigenvalue weighted by molar-refractivity contribution is -0.114. The average molecular weight is 440 g/mol. The van der Waals surface area contributed by atoms with Crippen molar-refractivity contribution < 1.29 is 9.59 Å². The van der Waals surface area contributed by atoms with Crippen LogP contribution in [-0.2, 0) is 9.59 Å². The minimum absolute atomic E-state index is 0.143. The van der Waals surface area contributed by atoms with E-state index in [1.807, 2.05) is 61.5 Å². The van der Waals surface area contributed by atoms with Gasteiger partial charge in [-0.25, -0.2) is 4.68 Å². The van der Waals surface area contributed by atoms with Gasteiger partial charge in [-0.2, -0.15) is 10.4 Å². The zero-order valence-electron chi connectivity index (χ0n) is 18.7. The van der Waals surface area contributed by atoms with Crippen LogP contribution < -0.4 is 10.2 Å². The molecule has 0 radical (unpaired) electrons. The Morgan fingerprint density at radius 3 is 2.55 bits per heavy atom. The Balaban J connectivity index is 1.70. The smallest absolute Gasteiger partial charge is 0.268 e. The Labute approximate surface area is 192 Å². The van der Waals surface area contributed by atoms with Gasteiger partial charge < -0.3 is 10.2 Å². The number of fused-ring (bicyclic) bond motifs is 1. The zero-order valence-corrected chi connectivity index (χ0v) is 18.7. The number of nitrogens with one attached hydrogen (secondary N) is 1. The van der Waals surface area contributed by atoms with Crippen LogP contribution >= 0.6 is 0 Å². The fourth-order valence-corrected chi connectivity index (χ4v) is 4.02. The van der Waals surface area contributed by atoms with E-state index in [4.69, 9.17) is 0 Å². The molecule has 0 fully saturated rings. The summed E-state index contributed by atoms with van der Waals surface area (Å²) in [6, 6.07) is 20.4. The molecule has 2 amide bonds. The van der Waals surface area contributed by atoms with Crippen LogP contribution in [0.4, 0.5) is 11.5 Å². The highest BCUT2D eigenvalue weighted by Gasteiger charge is 2.36.